The van der Waals surface area contributed by atoms with Gasteiger partial charge in [0.2, 0.25) is 0 Å². The fourth-order valence-electron chi connectivity index (χ4n) is 5.00. The van der Waals surface area contributed by atoms with E-state index in [2.05, 4.69) is 9.88 Å². The molecule has 3 heterocycles. The van der Waals surface area contributed by atoms with Crippen molar-refractivity contribution in [3.05, 3.63) is 80.5 Å². The predicted octanol–water partition coefficient (Wildman–Crippen LogP) is 5.12. The third kappa shape index (κ3) is 5.44. The summed E-state index contributed by atoms with van der Waals surface area (Å²) in [5.74, 6) is -0.881. The number of anilines is 1. The monoisotopic (exact) mass is 554 g/mol. The minimum atomic E-state index is -0.612. The van der Waals surface area contributed by atoms with E-state index in [1.807, 2.05) is 34.5 Å². The Morgan fingerprint density at radius 3 is 2.21 bits per heavy atom. The van der Waals surface area contributed by atoms with Crippen molar-refractivity contribution in [3.63, 3.8) is 0 Å². The fourth-order valence-corrected chi connectivity index (χ4v) is 6.21. The van der Waals surface area contributed by atoms with Crippen LogP contribution in [0.3, 0.4) is 0 Å². The molecular weight excluding hydrogens is 527 g/mol. The van der Waals surface area contributed by atoms with Crippen molar-refractivity contribution in [2.45, 2.75) is 25.7 Å². The van der Waals surface area contributed by atoms with Gasteiger partial charge >= 0.3 is 0 Å². The van der Waals surface area contributed by atoms with Crippen molar-refractivity contribution >= 4 is 46.2 Å². The normalized spacial score (nSPS) is 16.6. The Morgan fingerprint density at radius 1 is 0.921 bits per heavy atom. The van der Waals surface area contributed by atoms with Crippen LogP contribution < -0.4 is 4.90 Å². The molecule has 0 spiro atoms. The lowest BCUT2D eigenvalue weighted by molar-refractivity contribution is 0.0708. The Kier molecular flexibility index (Phi) is 7.76. The van der Waals surface area contributed by atoms with Crippen molar-refractivity contribution in [2.24, 2.45) is 0 Å². The van der Waals surface area contributed by atoms with Crippen molar-refractivity contribution in [2.75, 3.05) is 44.2 Å². The molecule has 0 N–H and O–H groups in total. The third-order valence-corrected chi connectivity index (χ3v) is 8.58. The van der Waals surface area contributed by atoms with E-state index in [0.717, 1.165) is 10.7 Å². The van der Waals surface area contributed by atoms with Crippen LogP contribution in [0.15, 0.2) is 47.8 Å². The van der Waals surface area contributed by atoms with Crippen molar-refractivity contribution in [1.29, 1.82) is 0 Å². The number of Topliss-reactive ketones (excluding diaryl/α,β-unsaturated/α-hetero) is 1. The molecule has 3 aromatic rings. The number of piperidine rings is 1. The first-order valence-corrected chi connectivity index (χ1v) is 13.9. The average Bonchev–Trinajstić information content (AvgIpc) is 3.43. The number of rotatable bonds is 5. The highest BCUT2D eigenvalue weighted by Gasteiger charge is 2.30. The van der Waals surface area contributed by atoms with Gasteiger partial charge in [-0.25, -0.2) is 9.37 Å². The highest BCUT2D eigenvalue weighted by Crippen LogP contribution is 2.32. The number of nitrogens with zero attached hydrogens (tertiary/aromatic N) is 4. The van der Waals surface area contributed by atoms with Crippen LogP contribution in [0.5, 0.6) is 0 Å². The molecule has 5 rings (SSSR count). The molecule has 0 radical (unpaired) electrons. The van der Waals surface area contributed by atoms with E-state index in [-0.39, 0.29) is 28.2 Å². The SMILES string of the molecule is CC(=O)c1ccc(N2CCN(C(=O)c3csc(C4CCN(C(=O)c5c(F)cccc5Cl)CC4)n3)CC2)cc1. The number of carbonyl (C=O) groups is 3. The summed E-state index contributed by atoms with van der Waals surface area (Å²) in [5.41, 5.74) is 2.11. The van der Waals surface area contributed by atoms with Gasteiger partial charge in [-0.05, 0) is 56.2 Å². The van der Waals surface area contributed by atoms with Crippen LogP contribution in [0.1, 0.15) is 61.9 Å². The number of amides is 2. The number of hydrogen-bond acceptors (Lipinski definition) is 6. The molecule has 0 atom stereocenters. The quantitative estimate of drug-likeness (QED) is 0.409. The number of ketones is 1. The maximum Gasteiger partial charge on any atom is 0.273 e. The first-order chi connectivity index (χ1) is 18.3. The van der Waals surface area contributed by atoms with Gasteiger partial charge in [-0.2, -0.15) is 0 Å². The Hall–Kier alpha value is -3.30. The summed E-state index contributed by atoms with van der Waals surface area (Å²) in [6.07, 6.45) is 1.39. The molecule has 0 unspecified atom stereocenters. The van der Waals surface area contributed by atoms with E-state index < -0.39 is 11.7 Å². The summed E-state index contributed by atoms with van der Waals surface area (Å²) in [6.45, 7) is 5.12. The summed E-state index contributed by atoms with van der Waals surface area (Å²) in [6, 6.07) is 11.8. The molecule has 10 heteroatoms. The first kappa shape index (κ1) is 26.3. The number of likely N-dealkylation sites (tertiary alicyclic amines) is 1. The minimum absolute atomic E-state index is 0.0427. The molecular formula is C28H28ClFN4O3S. The van der Waals surface area contributed by atoms with Gasteiger partial charge in [0.25, 0.3) is 11.8 Å². The van der Waals surface area contributed by atoms with Gasteiger partial charge in [0, 0.05) is 61.8 Å². The van der Waals surface area contributed by atoms with Gasteiger partial charge in [-0.15, -0.1) is 11.3 Å². The van der Waals surface area contributed by atoms with Gasteiger partial charge in [-0.1, -0.05) is 17.7 Å². The Labute approximate surface area is 229 Å². The second kappa shape index (κ2) is 11.2. The summed E-state index contributed by atoms with van der Waals surface area (Å²) in [7, 11) is 0. The molecule has 2 aromatic carbocycles. The average molecular weight is 555 g/mol. The summed E-state index contributed by atoms with van der Waals surface area (Å²) < 4.78 is 14.2. The third-order valence-electron chi connectivity index (χ3n) is 7.25. The Morgan fingerprint density at radius 2 is 1.58 bits per heavy atom. The molecule has 0 bridgehead atoms. The smallest absolute Gasteiger partial charge is 0.273 e. The van der Waals surface area contributed by atoms with E-state index in [9.17, 15) is 18.8 Å². The van der Waals surface area contributed by atoms with Crippen molar-refractivity contribution in [3.8, 4) is 0 Å². The van der Waals surface area contributed by atoms with Crippen LogP contribution in [-0.2, 0) is 0 Å². The zero-order valence-electron chi connectivity index (χ0n) is 21.0. The van der Waals surface area contributed by atoms with Crippen LogP contribution in [-0.4, -0.2) is 71.6 Å². The number of halogens is 2. The highest BCUT2D eigenvalue weighted by atomic mass is 35.5. The zero-order chi connectivity index (χ0) is 26.8. The molecule has 0 aliphatic carbocycles. The fraction of sp³-hybridized carbons (Fsp3) is 0.357. The number of thiazole rings is 1. The molecule has 2 aliphatic rings. The predicted molar refractivity (Wildman–Crippen MR) is 146 cm³/mol. The summed E-state index contributed by atoms with van der Waals surface area (Å²) >= 11 is 7.55. The summed E-state index contributed by atoms with van der Waals surface area (Å²) in [4.78, 5) is 47.8. The maximum absolute atomic E-state index is 14.2. The number of aromatic nitrogens is 1. The van der Waals surface area contributed by atoms with Crippen LogP contribution in [0.4, 0.5) is 10.1 Å². The van der Waals surface area contributed by atoms with E-state index >= 15 is 0 Å². The molecule has 1 aromatic heterocycles. The molecule has 2 amide bonds. The molecule has 38 heavy (non-hydrogen) atoms. The lowest BCUT2D eigenvalue weighted by atomic mass is 9.97. The molecule has 198 valence electrons. The van der Waals surface area contributed by atoms with Crippen LogP contribution in [0, 0.1) is 5.82 Å². The Balaban J connectivity index is 1.15. The van der Waals surface area contributed by atoms with Gasteiger partial charge in [0.15, 0.2) is 5.78 Å². The standard InChI is InChI=1S/C28H28ClFN4O3S/c1-18(35)19-5-7-21(8-6-19)32-13-15-34(16-14-32)27(36)24-17-38-26(31-24)20-9-11-33(12-10-20)28(37)25-22(29)3-2-4-23(25)30/h2-8,17,20H,9-16H2,1H3. The number of carbonyl (C=O) groups excluding carboxylic acids is 3. The lowest BCUT2D eigenvalue weighted by Crippen LogP contribution is -2.48. The van der Waals surface area contributed by atoms with Gasteiger partial charge in [0.1, 0.15) is 11.5 Å². The second-order valence-corrected chi connectivity index (χ2v) is 10.9. The van der Waals surface area contributed by atoms with Gasteiger partial charge in [-0.3, -0.25) is 14.4 Å². The number of hydrogen-bond donors (Lipinski definition) is 0. The molecule has 2 fully saturated rings. The van der Waals surface area contributed by atoms with E-state index in [1.165, 1.54) is 29.5 Å². The summed E-state index contributed by atoms with van der Waals surface area (Å²) in [5, 5.41) is 2.83. The van der Waals surface area contributed by atoms with Gasteiger partial charge in [0.05, 0.1) is 15.6 Å². The maximum atomic E-state index is 14.2. The lowest BCUT2D eigenvalue weighted by Gasteiger charge is -2.36. The van der Waals surface area contributed by atoms with Gasteiger partial charge < -0.3 is 14.7 Å². The largest absolute Gasteiger partial charge is 0.368 e. The number of piperazine rings is 1. The van der Waals surface area contributed by atoms with E-state index in [4.69, 9.17) is 11.6 Å². The number of benzene rings is 2. The first-order valence-electron chi connectivity index (χ1n) is 12.7. The van der Waals surface area contributed by atoms with Crippen molar-refractivity contribution in [1.82, 2.24) is 14.8 Å². The Bertz CT molecular complexity index is 1330. The molecule has 0 saturated carbocycles. The van der Waals surface area contributed by atoms with Crippen LogP contribution in [0.2, 0.25) is 5.02 Å². The van der Waals surface area contributed by atoms with Crippen LogP contribution in [0.25, 0.3) is 0 Å². The highest BCUT2D eigenvalue weighted by molar-refractivity contribution is 7.09. The van der Waals surface area contributed by atoms with E-state index in [0.29, 0.717) is 63.4 Å². The van der Waals surface area contributed by atoms with E-state index in [1.54, 1.807) is 11.8 Å². The molecule has 2 saturated heterocycles. The molecule has 2 aliphatic heterocycles. The van der Waals surface area contributed by atoms with Crippen molar-refractivity contribution < 1.29 is 18.8 Å². The minimum Gasteiger partial charge on any atom is -0.368 e. The topological polar surface area (TPSA) is 73.8 Å². The zero-order valence-corrected chi connectivity index (χ0v) is 22.6. The van der Waals surface area contributed by atoms with Crippen LogP contribution >= 0.6 is 22.9 Å². The molecule has 7 nitrogen and oxygen atoms in total. The second-order valence-electron chi connectivity index (χ2n) is 9.62.